The number of thioether (sulfide) groups is 1. The van der Waals surface area contributed by atoms with E-state index in [9.17, 15) is 0 Å². The Kier molecular flexibility index (Phi) is 4.87. The SMILES string of the molecule is CCn1cc(C2c3nc[nH]c3CCN2Cc2ccccc2SC)c(C)n1. The first-order valence-electron chi connectivity index (χ1n) is 9.13. The lowest BCUT2D eigenvalue weighted by atomic mass is 9.95. The van der Waals surface area contributed by atoms with Crippen LogP contribution in [0.15, 0.2) is 41.7 Å². The van der Waals surface area contributed by atoms with Crippen LogP contribution in [0.3, 0.4) is 0 Å². The zero-order chi connectivity index (χ0) is 18.1. The van der Waals surface area contributed by atoms with Crippen molar-refractivity contribution in [2.24, 2.45) is 0 Å². The highest BCUT2D eigenvalue weighted by molar-refractivity contribution is 7.98. The largest absolute Gasteiger partial charge is 0.348 e. The number of nitrogens with zero attached hydrogens (tertiary/aromatic N) is 4. The van der Waals surface area contributed by atoms with E-state index < -0.39 is 0 Å². The van der Waals surface area contributed by atoms with Gasteiger partial charge in [-0.25, -0.2) is 4.98 Å². The molecule has 3 heterocycles. The summed E-state index contributed by atoms with van der Waals surface area (Å²) in [4.78, 5) is 11.9. The standard InChI is InChI=1S/C20H25N5S/c1-4-25-12-16(14(2)23-25)20-19-17(21-13-22-19)9-10-24(20)11-15-7-5-6-8-18(15)26-3/h5-8,12-13,20H,4,9-11H2,1-3H3,(H,21,22). The first kappa shape index (κ1) is 17.4. The van der Waals surface area contributed by atoms with E-state index in [2.05, 4.69) is 70.5 Å². The van der Waals surface area contributed by atoms with Gasteiger partial charge in [-0.15, -0.1) is 11.8 Å². The molecule has 4 rings (SSSR count). The van der Waals surface area contributed by atoms with Crippen molar-refractivity contribution in [3.8, 4) is 0 Å². The highest BCUT2D eigenvalue weighted by Crippen LogP contribution is 2.36. The lowest BCUT2D eigenvalue weighted by molar-refractivity contribution is 0.198. The highest BCUT2D eigenvalue weighted by atomic mass is 32.2. The van der Waals surface area contributed by atoms with Crippen molar-refractivity contribution >= 4 is 11.8 Å². The van der Waals surface area contributed by atoms with E-state index in [0.29, 0.717) is 0 Å². The Bertz CT molecular complexity index is 897. The number of hydrogen-bond donors (Lipinski definition) is 1. The molecule has 1 unspecified atom stereocenters. The molecule has 0 saturated heterocycles. The zero-order valence-electron chi connectivity index (χ0n) is 15.6. The number of nitrogens with one attached hydrogen (secondary N) is 1. The zero-order valence-corrected chi connectivity index (χ0v) is 16.4. The second-order valence-electron chi connectivity index (χ2n) is 6.73. The lowest BCUT2D eigenvalue weighted by Gasteiger charge is -2.35. The molecule has 0 bridgehead atoms. The van der Waals surface area contributed by atoms with Crippen LogP contribution in [-0.2, 0) is 19.5 Å². The summed E-state index contributed by atoms with van der Waals surface area (Å²) in [6.45, 7) is 7.06. The fraction of sp³-hybridized carbons (Fsp3) is 0.400. The van der Waals surface area contributed by atoms with Crippen LogP contribution in [0.4, 0.5) is 0 Å². The predicted molar refractivity (Wildman–Crippen MR) is 105 cm³/mol. The average molecular weight is 368 g/mol. The van der Waals surface area contributed by atoms with E-state index in [-0.39, 0.29) is 6.04 Å². The highest BCUT2D eigenvalue weighted by Gasteiger charge is 2.33. The molecule has 0 radical (unpaired) electrons. The molecule has 1 aromatic carbocycles. The maximum Gasteiger partial charge on any atom is 0.0926 e. The first-order chi connectivity index (χ1) is 12.7. The number of H-pyrrole nitrogens is 1. The molecule has 136 valence electrons. The van der Waals surface area contributed by atoms with Gasteiger partial charge >= 0.3 is 0 Å². The molecule has 0 fully saturated rings. The molecule has 6 heteroatoms. The van der Waals surface area contributed by atoms with Gasteiger partial charge in [0.05, 0.1) is 23.8 Å². The molecule has 5 nitrogen and oxygen atoms in total. The minimum absolute atomic E-state index is 0.153. The number of fused-ring (bicyclic) bond motifs is 1. The molecule has 0 aliphatic carbocycles. The Labute approximate surface area is 158 Å². The normalized spacial score (nSPS) is 17.4. The molecule has 1 aliphatic heterocycles. The van der Waals surface area contributed by atoms with Crippen LogP contribution in [0.5, 0.6) is 0 Å². The maximum absolute atomic E-state index is 4.69. The fourth-order valence-electron chi connectivity index (χ4n) is 3.86. The molecule has 3 aromatic rings. The number of benzene rings is 1. The van der Waals surface area contributed by atoms with Crippen LogP contribution in [0.25, 0.3) is 0 Å². The smallest absolute Gasteiger partial charge is 0.0926 e. The summed E-state index contributed by atoms with van der Waals surface area (Å²) in [6.07, 6.45) is 7.18. The maximum atomic E-state index is 4.69. The van der Waals surface area contributed by atoms with Crippen LogP contribution >= 0.6 is 11.8 Å². The average Bonchev–Trinajstić information content (AvgIpc) is 3.28. The summed E-state index contributed by atoms with van der Waals surface area (Å²) in [5, 5.41) is 4.68. The summed E-state index contributed by atoms with van der Waals surface area (Å²) in [5.41, 5.74) is 6.14. The summed E-state index contributed by atoms with van der Waals surface area (Å²) < 4.78 is 2.03. The van der Waals surface area contributed by atoms with Gasteiger partial charge in [0, 0.05) is 48.4 Å². The third kappa shape index (κ3) is 3.08. The minimum Gasteiger partial charge on any atom is -0.348 e. The van der Waals surface area contributed by atoms with Crippen LogP contribution in [-0.4, -0.2) is 37.4 Å². The lowest BCUT2D eigenvalue weighted by Crippen LogP contribution is -2.36. The Morgan fingerprint density at radius 2 is 2.15 bits per heavy atom. The minimum atomic E-state index is 0.153. The van der Waals surface area contributed by atoms with Crippen molar-refractivity contribution in [3.63, 3.8) is 0 Å². The van der Waals surface area contributed by atoms with Crippen LogP contribution < -0.4 is 0 Å². The third-order valence-corrected chi connectivity index (χ3v) is 6.03. The summed E-state index contributed by atoms with van der Waals surface area (Å²) in [6, 6.07) is 8.85. The number of aryl methyl sites for hydroxylation is 2. The molecular weight excluding hydrogens is 342 g/mol. The van der Waals surface area contributed by atoms with Crippen LogP contribution in [0, 0.1) is 6.92 Å². The number of hydrogen-bond acceptors (Lipinski definition) is 4. The first-order valence-corrected chi connectivity index (χ1v) is 10.4. The van der Waals surface area contributed by atoms with E-state index >= 15 is 0 Å². The molecule has 0 spiro atoms. The Balaban J connectivity index is 1.74. The molecule has 26 heavy (non-hydrogen) atoms. The van der Waals surface area contributed by atoms with Gasteiger partial charge in [-0.3, -0.25) is 9.58 Å². The molecule has 0 amide bonds. The number of aromatic nitrogens is 4. The second-order valence-corrected chi connectivity index (χ2v) is 7.57. The van der Waals surface area contributed by atoms with Gasteiger partial charge in [-0.1, -0.05) is 18.2 Å². The van der Waals surface area contributed by atoms with Gasteiger partial charge in [0.2, 0.25) is 0 Å². The van der Waals surface area contributed by atoms with Gasteiger partial charge < -0.3 is 4.98 Å². The quantitative estimate of drug-likeness (QED) is 0.697. The van der Waals surface area contributed by atoms with E-state index in [1.807, 2.05) is 22.8 Å². The molecule has 2 aromatic heterocycles. The predicted octanol–water partition coefficient (Wildman–Crippen LogP) is 3.80. The second kappa shape index (κ2) is 7.29. The number of rotatable bonds is 5. The molecule has 0 saturated carbocycles. The van der Waals surface area contributed by atoms with Crippen molar-refractivity contribution in [3.05, 3.63) is 65.0 Å². The van der Waals surface area contributed by atoms with Crippen molar-refractivity contribution in [2.45, 2.75) is 44.3 Å². The summed E-state index contributed by atoms with van der Waals surface area (Å²) in [5.74, 6) is 0. The van der Waals surface area contributed by atoms with Gasteiger partial charge in [-0.05, 0) is 31.7 Å². The van der Waals surface area contributed by atoms with Crippen molar-refractivity contribution < 1.29 is 0 Å². The summed E-state index contributed by atoms with van der Waals surface area (Å²) in [7, 11) is 0. The molecular formula is C20H25N5S. The molecule has 1 N–H and O–H groups in total. The third-order valence-electron chi connectivity index (χ3n) is 5.19. The Morgan fingerprint density at radius 3 is 2.92 bits per heavy atom. The topological polar surface area (TPSA) is 49.7 Å². The van der Waals surface area contributed by atoms with E-state index in [1.54, 1.807) is 0 Å². The van der Waals surface area contributed by atoms with Crippen LogP contribution in [0.2, 0.25) is 0 Å². The van der Waals surface area contributed by atoms with Gasteiger partial charge in [0.15, 0.2) is 0 Å². The van der Waals surface area contributed by atoms with Crippen molar-refractivity contribution in [1.29, 1.82) is 0 Å². The van der Waals surface area contributed by atoms with E-state index in [0.717, 1.165) is 37.4 Å². The number of imidazole rings is 1. The Morgan fingerprint density at radius 1 is 1.31 bits per heavy atom. The van der Waals surface area contributed by atoms with Crippen molar-refractivity contribution in [2.75, 3.05) is 12.8 Å². The van der Waals surface area contributed by atoms with Crippen LogP contribution in [0.1, 0.15) is 41.2 Å². The Hall–Kier alpha value is -2.05. The molecule has 1 atom stereocenters. The summed E-state index contributed by atoms with van der Waals surface area (Å²) >= 11 is 1.81. The van der Waals surface area contributed by atoms with Gasteiger partial charge in [0.1, 0.15) is 0 Å². The van der Waals surface area contributed by atoms with Crippen molar-refractivity contribution in [1.82, 2.24) is 24.6 Å². The number of aromatic amines is 1. The monoisotopic (exact) mass is 367 g/mol. The van der Waals surface area contributed by atoms with E-state index in [4.69, 9.17) is 0 Å². The fourth-order valence-corrected chi connectivity index (χ4v) is 4.46. The van der Waals surface area contributed by atoms with E-state index in [1.165, 1.54) is 21.7 Å². The van der Waals surface area contributed by atoms with Gasteiger partial charge in [0.25, 0.3) is 0 Å². The van der Waals surface area contributed by atoms with Gasteiger partial charge in [-0.2, -0.15) is 5.10 Å². The molecule has 1 aliphatic rings.